The Morgan fingerprint density at radius 3 is 2.08 bits per heavy atom. The predicted octanol–water partition coefficient (Wildman–Crippen LogP) is 4.95. The topological polar surface area (TPSA) is 54.0 Å². The molecule has 0 atom stereocenters. The molecule has 0 heterocycles. The average molecular weight is 407 g/mol. The zero-order valence-electron chi connectivity index (χ0n) is 17.3. The molecule has 0 unspecified atom stereocenters. The third kappa shape index (κ3) is 10.5. The highest BCUT2D eigenvalue weighted by Gasteiger charge is 2.44. The van der Waals surface area contributed by atoms with Crippen LogP contribution >= 0.6 is 0 Å². The normalized spacial score (nSPS) is 12.9. The smallest absolute Gasteiger partial charge is 0.330 e. The Bertz CT molecular complexity index is 409. The van der Waals surface area contributed by atoms with Crippen molar-refractivity contribution in [2.24, 2.45) is 0 Å². The van der Waals surface area contributed by atoms with Crippen molar-refractivity contribution in [2.75, 3.05) is 13.2 Å². The fourth-order valence-corrected chi connectivity index (χ4v) is 16.7. The molecule has 0 aromatic rings. The van der Waals surface area contributed by atoms with Gasteiger partial charge in [-0.2, -0.15) is 0 Å². The molecule has 0 amide bonds. The van der Waals surface area contributed by atoms with E-state index in [-0.39, 0.29) is 6.61 Å². The maximum Gasteiger partial charge on any atom is 0.330 e. The molecule has 25 heavy (non-hydrogen) atoms. The molecular weight excluding hydrogens is 368 g/mol. The lowest BCUT2D eigenvalue weighted by atomic mass is 10.4. The highest BCUT2D eigenvalue weighted by molar-refractivity contribution is 6.86. The Morgan fingerprint density at radius 1 is 1.00 bits per heavy atom. The van der Waals surface area contributed by atoms with Crippen LogP contribution in [0.4, 0.5) is 0 Å². The van der Waals surface area contributed by atoms with E-state index in [1.165, 1.54) is 12.8 Å². The van der Waals surface area contributed by atoms with Crippen LogP contribution in [0.2, 0.25) is 44.3 Å². The van der Waals surface area contributed by atoms with E-state index >= 15 is 0 Å². The first-order valence-electron chi connectivity index (χ1n) is 9.39. The molecule has 0 fully saturated rings. The Balaban J connectivity index is 4.78. The number of esters is 1. The number of hydrogen-bond acceptors (Lipinski definition) is 5. The van der Waals surface area contributed by atoms with Gasteiger partial charge in [0.2, 0.25) is 0 Å². The summed E-state index contributed by atoms with van der Waals surface area (Å²) in [6, 6.07) is 2.87. The Hall–Kier alpha value is -0.259. The first-order valence-corrected chi connectivity index (χ1v) is 17.5. The lowest BCUT2D eigenvalue weighted by Crippen LogP contribution is -2.55. The number of carbonyl (C=O) groups is 1. The van der Waals surface area contributed by atoms with E-state index in [1.807, 2.05) is 0 Å². The van der Waals surface area contributed by atoms with Gasteiger partial charge in [-0.25, -0.2) is 4.79 Å². The molecule has 0 aromatic carbocycles. The summed E-state index contributed by atoms with van der Waals surface area (Å²) >= 11 is 0. The molecule has 0 aromatic heterocycles. The second-order valence-corrected chi connectivity index (χ2v) is 19.3. The molecule has 0 saturated carbocycles. The van der Waals surface area contributed by atoms with Crippen LogP contribution in [0.5, 0.6) is 0 Å². The van der Waals surface area contributed by atoms with E-state index in [0.717, 1.165) is 24.2 Å². The molecule has 0 N–H and O–H groups in total. The SMILES string of the molecule is C=CC(=O)OCCO[Si](CC)(CC)O[Si](C)(C)O[Si](C)(C)CCCC. The van der Waals surface area contributed by atoms with Crippen molar-refractivity contribution in [3.63, 3.8) is 0 Å². The minimum atomic E-state index is -2.35. The van der Waals surface area contributed by atoms with Crippen molar-refractivity contribution in [2.45, 2.75) is 77.9 Å². The van der Waals surface area contributed by atoms with Gasteiger partial charge in [0.15, 0.2) is 8.32 Å². The van der Waals surface area contributed by atoms with Crippen molar-refractivity contribution < 1.29 is 22.2 Å². The minimum Gasteiger partial charge on any atom is -0.460 e. The van der Waals surface area contributed by atoms with Crippen LogP contribution in [-0.2, 0) is 22.2 Å². The molecule has 148 valence electrons. The van der Waals surface area contributed by atoms with Gasteiger partial charge in [0.1, 0.15) is 6.61 Å². The highest BCUT2D eigenvalue weighted by Crippen LogP contribution is 2.28. The Morgan fingerprint density at radius 2 is 1.60 bits per heavy atom. The fraction of sp³-hybridized carbons (Fsp3) is 0.824. The minimum absolute atomic E-state index is 0.225. The molecule has 5 nitrogen and oxygen atoms in total. The number of ether oxygens (including phenoxy) is 1. The van der Waals surface area contributed by atoms with E-state index in [9.17, 15) is 4.79 Å². The zero-order valence-corrected chi connectivity index (χ0v) is 20.3. The van der Waals surface area contributed by atoms with Gasteiger partial charge in [0.25, 0.3) is 0 Å². The molecule has 0 saturated heterocycles. The first-order chi connectivity index (χ1) is 11.6. The Kier molecular flexibility index (Phi) is 11.3. The van der Waals surface area contributed by atoms with E-state index in [1.54, 1.807) is 0 Å². The summed E-state index contributed by atoms with van der Waals surface area (Å²) in [6.07, 6.45) is 3.56. The maximum absolute atomic E-state index is 11.1. The number of carbonyl (C=O) groups excluding carboxylic acids is 1. The molecule has 8 heteroatoms. The quantitative estimate of drug-likeness (QED) is 0.177. The average Bonchev–Trinajstić information content (AvgIpc) is 2.54. The molecular formula is C17H38O5Si3. The van der Waals surface area contributed by atoms with Gasteiger partial charge in [-0.05, 0) is 44.3 Å². The lowest BCUT2D eigenvalue weighted by molar-refractivity contribution is -0.138. The summed E-state index contributed by atoms with van der Waals surface area (Å²) in [5.41, 5.74) is 0. The molecule has 0 aliphatic carbocycles. The second kappa shape index (κ2) is 11.5. The summed E-state index contributed by atoms with van der Waals surface area (Å²) in [7, 11) is -6.35. The molecule has 0 radical (unpaired) electrons. The standard InChI is InChI=1S/C17H38O5Si3/c1-9-13-16-23(5,6)21-24(7,8)22-25(11-3,12-4)20-15-14-19-17(18)10-2/h10H,2,9,11-16H2,1,3-8H3. The number of unbranched alkanes of at least 4 members (excludes halogenated alkanes) is 1. The van der Waals surface area contributed by atoms with Crippen molar-refractivity contribution in [1.29, 1.82) is 0 Å². The molecule has 0 spiro atoms. The van der Waals surface area contributed by atoms with E-state index < -0.39 is 31.4 Å². The summed E-state index contributed by atoms with van der Waals surface area (Å²) in [4.78, 5) is 11.1. The lowest BCUT2D eigenvalue weighted by Gasteiger charge is -2.40. The summed E-state index contributed by atoms with van der Waals surface area (Å²) < 4.78 is 24.3. The van der Waals surface area contributed by atoms with Crippen LogP contribution in [0.3, 0.4) is 0 Å². The van der Waals surface area contributed by atoms with Crippen LogP contribution in [0.15, 0.2) is 12.7 Å². The molecule has 0 bridgehead atoms. The van der Waals surface area contributed by atoms with Gasteiger partial charge in [-0.1, -0.05) is 40.2 Å². The number of hydrogen-bond donors (Lipinski definition) is 0. The van der Waals surface area contributed by atoms with Gasteiger partial charge in [-0.15, -0.1) is 0 Å². The van der Waals surface area contributed by atoms with Crippen molar-refractivity contribution in [3.8, 4) is 0 Å². The molecule has 0 aliphatic rings. The van der Waals surface area contributed by atoms with Crippen molar-refractivity contribution >= 4 is 31.4 Å². The van der Waals surface area contributed by atoms with Gasteiger partial charge in [0, 0.05) is 6.08 Å². The molecule has 0 rings (SSSR count). The summed E-state index contributed by atoms with van der Waals surface area (Å²) in [6.45, 7) is 19.2. The monoisotopic (exact) mass is 406 g/mol. The van der Waals surface area contributed by atoms with Crippen molar-refractivity contribution in [1.82, 2.24) is 0 Å². The van der Waals surface area contributed by atoms with Gasteiger partial charge >= 0.3 is 23.1 Å². The van der Waals surface area contributed by atoms with Crippen LogP contribution in [0, 0.1) is 0 Å². The van der Waals surface area contributed by atoms with Crippen LogP contribution in [0.25, 0.3) is 0 Å². The fourth-order valence-electron chi connectivity index (χ4n) is 2.84. The van der Waals surface area contributed by atoms with E-state index in [0.29, 0.717) is 6.61 Å². The highest BCUT2D eigenvalue weighted by atomic mass is 28.5. The first kappa shape index (κ1) is 24.7. The van der Waals surface area contributed by atoms with Crippen molar-refractivity contribution in [3.05, 3.63) is 12.7 Å². The third-order valence-corrected chi connectivity index (χ3v) is 16.1. The number of rotatable bonds is 14. The second-order valence-electron chi connectivity index (χ2n) is 7.31. The van der Waals surface area contributed by atoms with Gasteiger partial charge in [0.05, 0.1) is 6.61 Å². The Labute approximate surface area is 157 Å². The van der Waals surface area contributed by atoms with Gasteiger partial charge < -0.3 is 17.4 Å². The van der Waals surface area contributed by atoms with Crippen LogP contribution < -0.4 is 0 Å². The van der Waals surface area contributed by atoms with Crippen LogP contribution in [0.1, 0.15) is 33.6 Å². The van der Waals surface area contributed by atoms with Crippen LogP contribution in [-0.4, -0.2) is 44.6 Å². The summed E-state index contributed by atoms with van der Waals surface area (Å²) in [5, 5.41) is 0. The third-order valence-electron chi connectivity index (χ3n) is 4.02. The van der Waals surface area contributed by atoms with Gasteiger partial charge in [-0.3, -0.25) is 0 Å². The predicted molar refractivity (Wildman–Crippen MR) is 111 cm³/mol. The largest absolute Gasteiger partial charge is 0.460 e. The molecule has 0 aliphatic heterocycles. The summed E-state index contributed by atoms with van der Waals surface area (Å²) in [5.74, 6) is -0.425. The maximum atomic E-state index is 11.1. The van der Waals surface area contributed by atoms with E-state index in [2.05, 4.69) is 53.5 Å². The van der Waals surface area contributed by atoms with E-state index in [4.69, 9.17) is 17.4 Å². The zero-order chi connectivity index (χ0) is 19.6.